The molecule has 0 aromatic carbocycles. The fraction of sp³-hybridized carbons (Fsp3) is 0.632. The molecule has 25 heavy (non-hydrogen) atoms. The Kier molecular flexibility index (Phi) is 5.25. The van der Waals surface area contributed by atoms with Gasteiger partial charge in [-0.3, -0.25) is 4.68 Å². The zero-order valence-corrected chi connectivity index (χ0v) is 14.9. The van der Waals surface area contributed by atoms with Crippen LogP contribution in [0.2, 0.25) is 0 Å². The summed E-state index contributed by atoms with van der Waals surface area (Å²) in [5.74, 6) is 2.65. The van der Waals surface area contributed by atoms with Crippen molar-refractivity contribution in [3.63, 3.8) is 0 Å². The van der Waals surface area contributed by atoms with Crippen molar-refractivity contribution < 1.29 is 0 Å². The maximum Gasteiger partial charge on any atom is 0.225 e. The van der Waals surface area contributed by atoms with Crippen LogP contribution in [-0.2, 0) is 6.54 Å². The summed E-state index contributed by atoms with van der Waals surface area (Å²) < 4.78 is 2.04. The van der Waals surface area contributed by atoms with Gasteiger partial charge in [-0.15, -0.1) is 0 Å². The van der Waals surface area contributed by atoms with Crippen molar-refractivity contribution in [2.45, 2.75) is 32.2 Å². The second-order valence-electron chi connectivity index (χ2n) is 7.35. The summed E-state index contributed by atoms with van der Waals surface area (Å²) in [7, 11) is 0. The van der Waals surface area contributed by atoms with E-state index < -0.39 is 0 Å². The Morgan fingerprint density at radius 3 is 2.44 bits per heavy atom. The van der Waals surface area contributed by atoms with Gasteiger partial charge in [-0.05, 0) is 62.7 Å². The molecule has 4 heterocycles. The standard InChI is InChI=1S/C19H28N6/c1-7-20-19(21-8-1)24-14-5-17(6-15-24)18-4-13-23(16-18)10-3-12-25-11-2-9-22-25/h1-2,7-9,11,17-18H,3-6,10,12-16H2/t18-/m1/s1. The third kappa shape index (κ3) is 4.18. The largest absolute Gasteiger partial charge is 0.341 e. The van der Waals surface area contributed by atoms with Crippen LogP contribution in [-0.4, -0.2) is 57.4 Å². The fourth-order valence-electron chi connectivity index (χ4n) is 4.36. The van der Waals surface area contributed by atoms with Gasteiger partial charge in [-0.2, -0.15) is 5.10 Å². The highest BCUT2D eigenvalue weighted by atomic mass is 15.3. The molecule has 2 aliphatic heterocycles. The molecule has 0 saturated carbocycles. The lowest BCUT2D eigenvalue weighted by Gasteiger charge is -2.34. The van der Waals surface area contributed by atoms with Gasteiger partial charge in [0, 0.05) is 51.0 Å². The zero-order chi connectivity index (χ0) is 16.9. The van der Waals surface area contributed by atoms with Crippen LogP contribution in [0.3, 0.4) is 0 Å². The minimum atomic E-state index is 0.871. The van der Waals surface area contributed by atoms with Gasteiger partial charge >= 0.3 is 0 Å². The first-order chi connectivity index (χ1) is 12.4. The second-order valence-corrected chi connectivity index (χ2v) is 7.35. The number of hydrogen-bond donors (Lipinski definition) is 0. The molecule has 0 bridgehead atoms. The van der Waals surface area contributed by atoms with Crippen molar-refractivity contribution in [3.05, 3.63) is 36.9 Å². The lowest BCUT2D eigenvalue weighted by molar-refractivity contribution is 0.251. The molecule has 0 amide bonds. The van der Waals surface area contributed by atoms with Crippen LogP contribution in [0.1, 0.15) is 25.7 Å². The number of aromatic nitrogens is 4. The number of anilines is 1. The van der Waals surface area contributed by atoms with Gasteiger partial charge in [0.15, 0.2) is 0 Å². The third-order valence-electron chi connectivity index (χ3n) is 5.77. The minimum Gasteiger partial charge on any atom is -0.341 e. The highest BCUT2D eigenvalue weighted by Crippen LogP contribution is 2.32. The Balaban J connectivity index is 1.19. The third-order valence-corrected chi connectivity index (χ3v) is 5.77. The van der Waals surface area contributed by atoms with Crippen molar-refractivity contribution >= 4 is 5.95 Å². The summed E-state index contributed by atoms with van der Waals surface area (Å²) >= 11 is 0. The van der Waals surface area contributed by atoms with E-state index >= 15 is 0 Å². The molecule has 2 aromatic heterocycles. The van der Waals surface area contributed by atoms with E-state index in [4.69, 9.17) is 0 Å². The van der Waals surface area contributed by atoms with Crippen LogP contribution < -0.4 is 4.90 Å². The van der Waals surface area contributed by atoms with Crippen molar-refractivity contribution in [1.82, 2.24) is 24.6 Å². The number of likely N-dealkylation sites (tertiary alicyclic amines) is 1. The molecule has 6 nitrogen and oxygen atoms in total. The number of hydrogen-bond acceptors (Lipinski definition) is 5. The summed E-state index contributed by atoms with van der Waals surface area (Å²) in [5.41, 5.74) is 0. The Hall–Kier alpha value is -1.95. The monoisotopic (exact) mass is 340 g/mol. The van der Waals surface area contributed by atoms with Crippen LogP contribution in [0.5, 0.6) is 0 Å². The van der Waals surface area contributed by atoms with E-state index in [2.05, 4.69) is 31.1 Å². The predicted octanol–water partition coefficient (Wildman–Crippen LogP) is 2.30. The molecule has 0 N–H and O–H groups in total. The molecule has 0 spiro atoms. The van der Waals surface area contributed by atoms with E-state index in [1.54, 1.807) is 0 Å². The average Bonchev–Trinajstić information content (AvgIpc) is 3.35. The van der Waals surface area contributed by atoms with E-state index in [-0.39, 0.29) is 0 Å². The molecule has 6 heteroatoms. The topological polar surface area (TPSA) is 50.1 Å². The van der Waals surface area contributed by atoms with Gasteiger partial charge in [0.2, 0.25) is 5.95 Å². The zero-order valence-electron chi connectivity index (χ0n) is 14.9. The maximum absolute atomic E-state index is 4.39. The molecule has 1 atom stereocenters. The lowest BCUT2D eigenvalue weighted by atomic mass is 9.84. The normalized spacial score (nSPS) is 22.6. The van der Waals surface area contributed by atoms with Gasteiger partial charge < -0.3 is 9.80 Å². The van der Waals surface area contributed by atoms with Gasteiger partial charge in [0.05, 0.1) is 0 Å². The number of aryl methyl sites for hydroxylation is 1. The lowest BCUT2D eigenvalue weighted by Crippen LogP contribution is -2.37. The Morgan fingerprint density at radius 1 is 0.880 bits per heavy atom. The van der Waals surface area contributed by atoms with E-state index in [0.29, 0.717) is 0 Å². The molecule has 2 fully saturated rings. The van der Waals surface area contributed by atoms with Gasteiger partial charge in [-0.25, -0.2) is 9.97 Å². The van der Waals surface area contributed by atoms with E-state index in [1.807, 2.05) is 35.4 Å². The van der Waals surface area contributed by atoms with Crippen molar-refractivity contribution in [3.8, 4) is 0 Å². The van der Waals surface area contributed by atoms with Crippen LogP contribution in [0.25, 0.3) is 0 Å². The Bertz CT molecular complexity index is 621. The number of rotatable bonds is 6. The predicted molar refractivity (Wildman–Crippen MR) is 98.4 cm³/mol. The summed E-state index contributed by atoms with van der Waals surface area (Å²) in [4.78, 5) is 13.8. The molecular weight excluding hydrogens is 312 g/mol. The molecule has 0 radical (unpaired) electrons. The summed E-state index contributed by atoms with van der Waals surface area (Å²) in [5, 5.41) is 4.28. The highest BCUT2D eigenvalue weighted by Gasteiger charge is 2.32. The van der Waals surface area contributed by atoms with Crippen molar-refractivity contribution in [2.75, 3.05) is 37.6 Å². The molecule has 2 saturated heterocycles. The second kappa shape index (κ2) is 7.95. The smallest absolute Gasteiger partial charge is 0.225 e. The van der Waals surface area contributed by atoms with E-state index in [1.165, 1.54) is 45.3 Å². The first kappa shape index (κ1) is 16.5. The van der Waals surface area contributed by atoms with Gasteiger partial charge in [0.25, 0.3) is 0 Å². The van der Waals surface area contributed by atoms with E-state index in [9.17, 15) is 0 Å². The van der Waals surface area contributed by atoms with Crippen LogP contribution in [0.15, 0.2) is 36.9 Å². The van der Waals surface area contributed by atoms with Crippen molar-refractivity contribution in [1.29, 1.82) is 0 Å². The molecule has 0 unspecified atom stereocenters. The van der Waals surface area contributed by atoms with Crippen molar-refractivity contribution in [2.24, 2.45) is 11.8 Å². The molecule has 2 aliphatic rings. The summed E-state index contributed by atoms with van der Waals surface area (Å²) in [6.07, 6.45) is 12.7. The first-order valence-corrected chi connectivity index (χ1v) is 9.60. The number of piperidine rings is 1. The molecular formula is C19H28N6. The summed E-state index contributed by atoms with van der Waals surface area (Å²) in [6, 6.07) is 3.88. The molecule has 134 valence electrons. The van der Waals surface area contributed by atoms with Gasteiger partial charge in [-0.1, -0.05) is 0 Å². The average molecular weight is 340 g/mol. The SMILES string of the molecule is c1cnc(N2CCC([C@@H]3CCN(CCCn4cccn4)C3)CC2)nc1. The molecule has 2 aromatic rings. The maximum atomic E-state index is 4.39. The Morgan fingerprint density at radius 2 is 1.68 bits per heavy atom. The van der Waals surface area contributed by atoms with Crippen LogP contribution in [0, 0.1) is 11.8 Å². The molecule has 4 rings (SSSR count). The molecule has 0 aliphatic carbocycles. The highest BCUT2D eigenvalue weighted by molar-refractivity contribution is 5.28. The first-order valence-electron chi connectivity index (χ1n) is 9.60. The van der Waals surface area contributed by atoms with E-state index in [0.717, 1.165) is 37.4 Å². The fourth-order valence-corrected chi connectivity index (χ4v) is 4.36. The van der Waals surface area contributed by atoms with Crippen LogP contribution in [0.4, 0.5) is 5.95 Å². The van der Waals surface area contributed by atoms with Gasteiger partial charge in [0.1, 0.15) is 0 Å². The quantitative estimate of drug-likeness (QED) is 0.808. The number of nitrogens with zero attached hydrogens (tertiary/aromatic N) is 6. The summed E-state index contributed by atoms with van der Waals surface area (Å²) in [6.45, 7) is 6.99. The Labute approximate surface area is 149 Å². The minimum absolute atomic E-state index is 0.871. The van der Waals surface area contributed by atoms with Crippen LogP contribution >= 0.6 is 0 Å².